The third-order valence-corrected chi connectivity index (χ3v) is 4.42. The summed E-state index contributed by atoms with van der Waals surface area (Å²) < 4.78 is 39.2. The minimum Gasteiger partial charge on any atom is -0.481 e. The number of carboxylic acid groups (broad SMARTS) is 1. The lowest BCUT2D eigenvalue weighted by molar-refractivity contribution is -0.187. The van der Waals surface area contributed by atoms with Crippen molar-refractivity contribution in [1.29, 1.82) is 0 Å². The number of halogens is 3. The molecule has 0 spiro atoms. The van der Waals surface area contributed by atoms with Crippen LogP contribution in [0, 0.1) is 11.8 Å². The highest BCUT2D eigenvalue weighted by molar-refractivity contribution is 5.96. The van der Waals surface area contributed by atoms with Crippen molar-refractivity contribution in [3.63, 3.8) is 0 Å². The number of amides is 1. The van der Waals surface area contributed by atoms with E-state index in [0.29, 0.717) is 24.1 Å². The molecule has 1 amide bonds. The Labute approximate surface area is 140 Å². The highest BCUT2D eigenvalue weighted by atomic mass is 19.4. The molecule has 7 nitrogen and oxygen atoms in total. The second kappa shape index (κ2) is 6.85. The molecule has 1 fully saturated rings. The molecule has 1 aromatic heterocycles. The monoisotopic (exact) mass is 361 g/mol. The lowest BCUT2D eigenvalue weighted by Crippen LogP contribution is -2.36. The largest absolute Gasteiger partial charge is 0.481 e. The Balaban J connectivity index is 2.43. The summed E-state index contributed by atoms with van der Waals surface area (Å²) in [5.41, 5.74) is -0.201. The van der Waals surface area contributed by atoms with Crippen LogP contribution >= 0.6 is 0 Å². The minimum atomic E-state index is -4.75. The number of hydrogen-bond acceptors (Lipinski definition) is 4. The van der Waals surface area contributed by atoms with E-state index in [1.54, 1.807) is 13.8 Å². The Morgan fingerprint density at radius 1 is 1.28 bits per heavy atom. The number of nitrogens with one attached hydrogen (secondary N) is 1. The predicted octanol–water partition coefficient (Wildman–Crippen LogP) is 1.23. The SMILES string of the molecule is CCc1n[nH]c(=O)c(C(=O)N2C[C@@H](C(F)(F)F)[C@H](C(=O)O)C2)c1CC. The summed E-state index contributed by atoms with van der Waals surface area (Å²) in [7, 11) is 0. The third-order valence-electron chi connectivity index (χ3n) is 4.42. The Morgan fingerprint density at radius 3 is 2.36 bits per heavy atom. The van der Waals surface area contributed by atoms with E-state index >= 15 is 0 Å². The summed E-state index contributed by atoms with van der Waals surface area (Å²) in [6.45, 7) is 2.09. The van der Waals surface area contributed by atoms with Crippen molar-refractivity contribution in [2.45, 2.75) is 32.9 Å². The molecule has 1 aliphatic heterocycles. The van der Waals surface area contributed by atoms with Gasteiger partial charge in [-0.05, 0) is 18.4 Å². The summed E-state index contributed by atoms with van der Waals surface area (Å²) in [5.74, 6) is -6.43. The van der Waals surface area contributed by atoms with Gasteiger partial charge in [0.1, 0.15) is 5.56 Å². The molecular weight excluding hydrogens is 343 g/mol. The number of carboxylic acids is 1. The quantitative estimate of drug-likeness (QED) is 0.840. The Hall–Kier alpha value is -2.39. The Morgan fingerprint density at radius 2 is 1.92 bits per heavy atom. The van der Waals surface area contributed by atoms with Gasteiger partial charge in [-0.1, -0.05) is 13.8 Å². The number of nitrogens with zero attached hydrogens (tertiary/aromatic N) is 2. The molecule has 25 heavy (non-hydrogen) atoms. The highest BCUT2D eigenvalue weighted by Gasteiger charge is 2.53. The van der Waals surface area contributed by atoms with Crippen molar-refractivity contribution < 1.29 is 27.9 Å². The van der Waals surface area contributed by atoms with E-state index in [4.69, 9.17) is 5.11 Å². The van der Waals surface area contributed by atoms with Gasteiger partial charge in [-0.2, -0.15) is 18.3 Å². The van der Waals surface area contributed by atoms with Crippen LogP contribution < -0.4 is 5.56 Å². The van der Waals surface area contributed by atoms with Gasteiger partial charge in [0, 0.05) is 13.1 Å². The van der Waals surface area contributed by atoms with E-state index in [-0.39, 0.29) is 5.56 Å². The third kappa shape index (κ3) is 3.52. The van der Waals surface area contributed by atoms with Crippen molar-refractivity contribution in [3.8, 4) is 0 Å². The number of carbonyl (C=O) groups is 2. The number of alkyl halides is 3. The minimum absolute atomic E-state index is 0.263. The first-order chi connectivity index (χ1) is 11.6. The molecule has 2 N–H and O–H groups in total. The van der Waals surface area contributed by atoms with E-state index < -0.39 is 48.5 Å². The summed E-state index contributed by atoms with van der Waals surface area (Å²) in [4.78, 5) is 36.7. The Kier molecular flexibility index (Phi) is 5.19. The van der Waals surface area contributed by atoms with Gasteiger partial charge >= 0.3 is 12.1 Å². The number of carbonyl (C=O) groups excluding carboxylic acids is 1. The maximum atomic E-state index is 13.1. The van der Waals surface area contributed by atoms with E-state index in [1.165, 1.54) is 0 Å². The molecular formula is C15H18F3N3O4. The molecule has 10 heteroatoms. The number of aryl methyl sites for hydroxylation is 1. The van der Waals surface area contributed by atoms with Crippen molar-refractivity contribution >= 4 is 11.9 Å². The van der Waals surface area contributed by atoms with Gasteiger partial charge in [0.25, 0.3) is 11.5 Å². The molecule has 1 aliphatic rings. The first-order valence-electron chi connectivity index (χ1n) is 7.80. The van der Waals surface area contributed by atoms with Crippen LogP contribution in [0.1, 0.15) is 35.5 Å². The molecule has 2 heterocycles. The number of hydrogen-bond donors (Lipinski definition) is 2. The molecule has 2 atom stereocenters. The molecule has 0 aliphatic carbocycles. The number of rotatable bonds is 4. The number of aromatic amines is 1. The van der Waals surface area contributed by atoms with Crippen LogP contribution in [0.25, 0.3) is 0 Å². The standard InChI is InChI=1S/C15H18F3N3O4/c1-3-7-10(4-2)19-20-12(22)11(7)13(23)21-5-8(14(24)25)9(6-21)15(16,17)18/h8-9H,3-6H2,1-2H3,(H,20,22)(H,24,25)/t8-,9-/m1/s1. The van der Waals surface area contributed by atoms with Crippen molar-refractivity contribution in [2.75, 3.05) is 13.1 Å². The smallest absolute Gasteiger partial charge is 0.394 e. The molecule has 0 radical (unpaired) electrons. The Bertz CT molecular complexity index is 745. The topological polar surface area (TPSA) is 103 Å². The van der Waals surface area contributed by atoms with E-state index in [9.17, 15) is 27.6 Å². The lowest BCUT2D eigenvalue weighted by atomic mass is 9.96. The number of aromatic nitrogens is 2. The maximum absolute atomic E-state index is 13.1. The molecule has 138 valence electrons. The van der Waals surface area contributed by atoms with Crippen LogP contribution in [0.5, 0.6) is 0 Å². The molecule has 0 bridgehead atoms. The number of H-pyrrole nitrogens is 1. The van der Waals surface area contributed by atoms with Crippen LogP contribution in [-0.4, -0.2) is 51.3 Å². The second-order valence-corrected chi connectivity index (χ2v) is 5.86. The molecule has 2 rings (SSSR count). The zero-order valence-corrected chi connectivity index (χ0v) is 13.7. The van der Waals surface area contributed by atoms with Crippen LogP contribution in [0.4, 0.5) is 13.2 Å². The van der Waals surface area contributed by atoms with Gasteiger partial charge in [-0.25, -0.2) is 5.10 Å². The fourth-order valence-corrected chi connectivity index (χ4v) is 3.13. The molecule has 1 saturated heterocycles. The van der Waals surface area contributed by atoms with Crippen LogP contribution in [0.2, 0.25) is 0 Å². The van der Waals surface area contributed by atoms with Gasteiger partial charge < -0.3 is 10.0 Å². The van der Waals surface area contributed by atoms with E-state index in [2.05, 4.69) is 10.2 Å². The first kappa shape index (κ1) is 18.9. The summed E-state index contributed by atoms with van der Waals surface area (Å²) in [5, 5.41) is 15.1. The number of aliphatic carboxylic acids is 1. The van der Waals surface area contributed by atoms with E-state index in [0.717, 1.165) is 4.90 Å². The van der Waals surface area contributed by atoms with Gasteiger partial charge in [0.05, 0.1) is 17.5 Å². The zero-order valence-electron chi connectivity index (χ0n) is 13.7. The van der Waals surface area contributed by atoms with Crippen LogP contribution in [0.15, 0.2) is 4.79 Å². The lowest BCUT2D eigenvalue weighted by Gasteiger charge is -2.19. The fraction of sp³-hybridized carbons (Fsp3) is 0.600. The summed E-state index contributed by atoms with van der Waals surface area (Å²) in [6, 6.07) is 0. The van der Waals surface area contributed by atoms with Gasteiger partial charge in [0.2, 0.25) is 0 Å². The predicted molar refractivity (Wildman–Crippen MR) is 80.2 cm³/mol. The molecule has 0 saturated carbocycles. The van der Waals surface area contributed by atoms with Gasteiger partial charge in [-0.15, -0.1) is 0 Å². The van der Waals surface area contributed by atoms with E-state index in [1.807, 2.05) is 0 Å². The summed E-state index contributed by atoms with van der Waals surface area (Å²) >= 11 is 0. The average molecular weight is 361 g/mol. The molecule has 0 unspecified atom stereocenters. The summed E-state index contributed by atoms with van der Waals surface area (Å²) in [6.07, 6.45) is -4.01. The van der Waals surface area contributed by atoms with Crippen molar-refractivity contribution in [3.05, 3.63) is 27.2 Å². The number of likely N-dealkylation sites (tertiary alicyclic amines) is 1. The highest BCUT2D eigenvalue weighted by Crippen LogP contribution is 2.38. The normalized spacial score (nSPS) is 20.8. The maximum Gasteiger partial charge on any atom is 0.394 e. The van der Waals surface area contributed by atoms with Crippen molar-refractivity contribution in [1.82, 2.24) is 15.1 Å². The average Bonchev–Trinajstić information content (AvgIpc) is 2.99. The van der Waals surface area contributed by atoms with Gasteiger partial charge in [-0.3, -0.25) is 14.4 Å². The first-order valence-corrected chi connectivity index (χ1v) is 7.80. The fourth-order valence-electron chi connectivity index (χ4n) is 3.13. The van der Waals surface area contributed by atoms with Crippen molar-refractivity contribution in [2.24, 2.45) is 11.8 Å². The van der Waals surface area contributed by atoms with Crippen LogP contribution in [-0.2, 0) is 17.6 Å². The second-order valence-electron chi connectivity index (χ2n) is 5.86. The molecule has 1 aromatic rings. The van der Waals surface area contributed by atoms with Gasteiger partial charge in [0.15, 0.2) is 0 Å². The van der Waals surface area contributed by atoms with Crippen LogP contribution in [0.3, 0.4) is 0 Å². The zero-order chi connectivity index (χ0) is 18.9. The molecule has 0 aromatic carbocycles.